The summed E-state index contributed by atoms with van der Waals surface area (Å²) in [6.45, 7) is 9.74. The molecule has 7 heteroatoms. The van der Waals surface area contributed by atoms with Crippen LogP contribution in [0, 0.1) is 0 Å². The first-order valence-electron chi connectivity index (χ1n) is 9.20. The molecule has 0 amide bonds. The predicted octanol–water partition coefficient (Wildman–Crippen LogP) is 2.51. The van der Waals surface area contributed by atoms with Gasteiger partial charge in [0, 0.05) is 6.42 Å². The zero-order valence-electron chi connectivity index (χ0n) is 15.8. The molecular weight excluding hydrogens is 328 g/mol. The number of esters is 1. The molecule has 3 rings (SSSR count). The van der Waals surface area contributed by atoms with Crippen LogP contribution in [-0.4, -0.2) is 54.9 Å². The van der Waals surface area contributed by atoms with Gasteiger partial charge in [0.15, 0.2) is 11.6 Å². The van der Waals surface area contributed by atoms with E-state index in [1.807, 2.05) is 27.7 Å². The van der Waals surface area contributed by atoms with Gasteiger partial charge < -0.3 is 28.4 Å². The lowest BCUT2D eigenvalue weighted by molar-refractivity contribution is -0.296. The second-order valence-corrected chi connectivity index (χ2v) is 7.92. The summed E-state index contributed by atoms with van der Waals surface area (Å²) in [4.78, 5) is 12.0. The van der Waals surface area contributed by atoms with Gasteiger partial charge in [-0.25, -0.2) is 0 Å². The van der Waals surface area contributed by atoms with E-state index in [9.17, 15) is 4.79 Å². The van der Waals surface area contributed by atoms with Crippen LogP contribution in [0.2, 0.25) is 0 Å². The summed E-state index contributed by atoms with van der Waals surface area (Å²) in [5.74, 6) is -2.97. The van der Waals surface area contributed by atoms with Gasteiger partial charge in [0.2, 0.25) is 5.79 Å². The second kappa shape index (κ2) is 6.78. The maximum absolute atomic E-state index is 12.0. The molecule has 3 aliphatic rings. The third-order valence-electron chi connectivity index (χ3n) is 4.69. The van der Waals surface area contributed by atoms with Crippen molar-refractivity contribution in [2.75, 3.05) is 13.2 Å². The Morgan fingerprint density at radius 3 is 2.56 bits per heavy atom. The highest BCUT2D eigenvalue weighted by atomic mass is 16.9. The van der Waals surface area contributed by atoms with Gasteiger partial charge in [0.05, 0.1) is 6.61 Å². The Kier molecular flexibility index (Phi) is 5.16. The van der Waals surface area contributed by atoms with Crippen LogP contribution in [0.15, 0.2) is 0 Å². The molecular formula is C18H30O7. The molecule has 0 aromatic carbocycles. The number of rotatable bonds is 6. The third-order valence-corrected chi connectivity index (χ3v) is 4.69. The number of unbranched alkanes of at least 4 members (excludes halogenated alkanes) is 2. The van der Waals surface area contributed by atoms with Gasteiger partial charge in [-0.1, -0.05) is 19.8 Å². The molecule has 0 saturated carbocycles. The smallest absolute Gasteiger partial charge is 0.305 e. The number of ether oxygens (including phenoxy) is 6. The number of carbonyl (C=O) groups excluding carboxylic acids is 1. The first-order chi connectivity index (χ1) is 11.7. The molecule has 0 radical (unpaired) electrons. The number of fused-ring (bicyclic) bond motifs is 3. The molecule has 25 heavy (non-hydrogen) atoms. The molecule has 4 unspecified atom stereocenters. The van der Waals surface area contributed by atoms with E-state index in [1.54, 1.807) is 0 Å². The molecule has 4 atom stereocenters. The average Bonchev–Trinajstić information content (AvgIpc) is 2.97. The Balaban J connectivity index is 1.68. The molecule has 0 aliphatic carbocycles. The minimum absolute atomic E-state index is 0.0148. The molecule has 3 heterocycles. The van der Waals surface area contributed by atoms with Crippen molar-refractivity contribution in [3.63, 3.8) is 0 Å². The Morgan fingerprint density at radius 1 is 1.08 bits per heavy atom. The molecule has 3 saturated heterocycles. The molecule has 144 valence electrons. The Morgan fingerprint density at radius 2 is 1.84 bits per heavy atom. The number of carbonyl (C=O) groups is 1. The van der Waals surface area contributed by atoms with Crippen LogP contribution in [0.5, 0.6) is 0 Å². The van der Waals surface area contributed by atoms with Crippen LogP contribution >= 0.6 is 0 Å². The van der Waals surface area contributed by atoms with E-state index in [0.717, 1.165) is 19.3 Å². The molecule has 3 fully saturated rings. The van der Waals surface area contributed by atoms with Gasteiger partial charge in [-0.3, -0.25) is 4.79 Å². The first kappa shape index (κ1) is 19.0. The molecule has 0 bridgehead atoms. The summed E-state index contributed by atoms with van der Waals surface area (Å²) in [5.41, 5.74) is 0. The average molecular weight is 358 g/mol. The van der Waals surface area contributed by atoms with Crippen molar-refractivity contribution < 1.29 is 33.2 Å². The molecule has 7 nitrogen and oxygen atoms in total. The summed E-state index contributed by atoms with van der Waals surface area (Å²) in [7, 11) is 0. The third kappa shape index (κ3) is 4.01. The molecule has 0 spiro atoms. The van der Waals surface area contributed by atoms with Crippen molar-refractivity contribution in [2.24, 2.45) is 0 Å². The predicted molar refractivity (Wildman–Crippen MR) is 87.6 cm³/mol. The standard InChI is InChI=1S/C18H30O7/c1-6-7-8-9-13(19)20-11-18-15(24-17(4,5)25-18)14-12(10-21-18)22-16(2,3)23-14/h12,14-15H,6-11H2,1-5H3. The lowest BCUT2D eigenvalue weighted by atomic mass is 9.97. The van der Waals surface area contributed by atoms with E-state index in [4.69, 9.17) is 28.4 Å². The zero-order chi connectivity index (χ0) is 18.3. The topological polar surface area (TPSA) is 72.5 Å². The van der Waals surface area contributed by atoms with Gasteiger partial charge in [-0.15, -0.1) is 0 Å². The Bertz CT molecular complexity index is 504. The van der Waals surface area contributed by atoms with Crippen LogP contribution in [0.1, 0.15) is 60.3 Å². The number of hydrogen-bond donors (Lipinski definition) is 0. The minimum Gasteiger partial charge on any atom is -0.460 e. The van der Waals surface area contributed by atoms with E-state index in [1.165, 1.54) is 0 Å². The Hall–Kier alpha value is -0.730. The molecule has 0 N–H and O–H groups in total. The van der Waals surface area contributed by atoms with Crippen LogP contribution < -0.4 is 0 Å². The second-order valence-electron chi connectivity index (χ2n) is 7.92. The molecule has 3 aliphatic heterocycles. The zero-order valence-corrected chi connectivity index (χ0v) is 15.8. The quantitative estimate of drug-likeness (QED) is 0.533. The maximum Gasteiger partial charge on any atom is 0.305 e. The fourth-order valence-electron chi connectivity index (χ4n) is 3.72. The van der Waals surface area contributed by atoms with Gasteiger partial charge in [-0.2, -0.15) is 0 Å². The highest BCUT2D eigenvalue weighted by molar-refractivity contribution is 5.69. The molecule has 0 aromatic heterocycles. The first-order valence-corrected chi connectivity index (χ1v) is 9.20. The highest BCUT2D eigenvalue weighted by Crippen LogP contribution is 2.47. The van der Waals surface area contributed by atoms with Crippen molar-refractivity contribution >= 4 is 5.97 Å². The Labute approximate surface area is 149 Å². The minimum atomic E-state index is -1.16. The van der Waals surface area contributed by atoms with Crippen molar-refractivity contribution in [2.45, 2.75) is 96.0 Å². The monoisotopic (exact) mass is 358 g/mol. The lowest BCUT2D eigenvalue weighted by Gasteiger charge is -2.40. The highest BCUT2D eigenvalue weighted by Gasteiger charge is 2.65. The maximum atomic E-state index is 12.0. The summed E-state index contributed by atoms with van der Waals surface area (Å²) in [6.07, 6.45) is 2.21. The fourth-order valence-corrected chi connectivity index (χ4v) is 3.72. The summed E-state index contributed by atoms with van der Waals surface area (Å²) in [5, 5.41) is 0. The van der Waals surface area contributed by atoms with Crippen LogP contribution in [-0.2, 0) is 33.2 Å². The van der Waals surface area contributed by atoms with Crippen LogP contribution in [0.3, 0.4) is 0 Å². The van der Waals surface area contributed by atoms with Crippen molar-refractivity contribution in [3.8, 4) is 0 Å². The van der Waals surface area contributed by atoms with Gasteiger partial charge in [0.25, 0.3) is 0 Å². The summed E-state index contributed by atoms with van der Waals surface area (Å²) in [6, 6.07) is 0. The van der Waals surface area contributed by atoms with E-state index >= 15 is 0 Å². The van der Waals surface area contributed by atoms with Crippen molar-refractivity contribution in [1.29, 1.82) is 0 Å². The van der Waals surface area contributed by atoms with E-state index < -0.39 is 23.5 Å². The van der Waals surface area contributed by atoms with E-state index in [2.05, 4.69) is 6.92 Å². The van der Waals surface area contributed by atoms with Crippen molar-refractivity contribution in [3.05, 3.63) is 0 Å². The summed E-state index contributed by atoms with van der Waals surface area (Å²) >= 11 is 0. The SMILES string of the molecule is CCCCCC(=O)OCC12OCC3OC(C)(C)OC3C1OC(C)(C)O2. The van der Waals surface area contributed by atoms with Gasteiger partial charge in [0.1, 0.15) is 24.9 Å². The van der Waals surface area contributed by atoms with Crippen molar-refractivity contribution in [1.82, 2.24) is 0 Å². The van der Waals surface area contributed by atoms with E-state index in [0.29, 0.717) is 13.0 Å². The fraction of sp³-hybridized carbons (Fsp3) is 0.944. The van der Waals surface area contributed by atoms with Gasteiger partial charge >= 0.3 is 5.97 Å². The largest absolute Gasteiger partial charge is 0.460 e. The lowest BCUT2D eigenvalue weighted by Crippen LogP contribution is -2.60. The molecule has 0 aromatic rings. The summed E-state index contributed by atoms with van der Waals surface area (Å²) < 4.78 is 35.4. The number of hydrogen-bond acceptors (Lipinski definition) is 7. The van der Waals surface area contributed by atoms with E-state index in [-0.39, 0.29) is 24.8 Å². The van der Waals surface area contributed by atoms with Crippen LogP contribution in [0.25, 0.3) is 0 Å². The van der Waals surface area contributed by atoms with Crippen LogP contribution in [0.4, 0.5) is 0 Å². The van der Waals surface area contributed by atoms with Gasteiger partial charge in [-0.05, 0) is 34.1 Å². The normalized spacial score (nSPS) is 38.2.